The summed E-state index contributed by atoms with van der Waals surface area (Å²) in [6, 6.07) is 9.47. The van der Waals surface area contributed by atoms with Gasteiger partial charge in [-0.3, -0.25) is 4.79 Å². The van der Waals surface area contributed by atoms with Gasteiger partial charge >= 0.3 is 6.09 Å². The first kappa shape index (κ1) is 19.0. The standard InChI is InChI=1S/C14H20N2O3.C2H6/c1-3-13(17)16(2)10-9-15-14(18)19-11-12-7-5-4-6-8-12;1-2/h4-8H,3,9-11H2,1-2H3,(H,15,18);1-2H3. The lowest BCUT2D eigenvalue weighted by Crippen LogP contribution is -2.36. The van der Waals surface area contributed by atoms with Gasteiger partial charge in [-0.25, -0.2) is 4.79 Å². The van der Waals surface area contributed by atoms with Crippen molar-refractivity contribution < 1.29 is 14.3 Å². The van der Waals surface area contributed by atoms with Crippen molar-refractivity contribution in [1.29, 1.82) is 0 Å². The number of carbonyl (C=O) groups is 2. The van der Waals surface area contributed by atoms with E-state index < -0.39 is 6.09 Å². The van der Waals surface area contributed by atoms with Gasteiger partial charge < -0.3 is 15.0 Å². The topological polar surface area (TPSA) is 58.6 Å². The summed E-state index contributed by atoms with van der Waals surface area (Å²) in [6.45, 7) is 6.92. The first-order chi connectivity index (χ1) is 10.1. The number of hydrogen-bond acceptors (Lipinski definition) is 3. The summed E-state index contributed by atoms with van der Waals surface area (Å²) >= 11 is 0. The number of nitrogens with zero attached hydrogens (tertiary/aromatic N) is 1. The SMILES string of the molecule is CC.CCC(=O)N(C)CCNC(=O)OCc1ccccc1. The molecule has 0 atom stereocenters. The summed E-state index contributed by atoms with van der Waals surface area (Å²) in [5.74, 6) is 0.0550. The van der Waals surface area contributed by atoms with Gasteiger partial charge in [-0.05, 0) is 5.56 Å². The van der Waals surface area contributed by atoms with E-state index in [-0.39, 0.29) is 12.5 Å². The fourth-order valence-electron chi connectivity index (χ4n) is 1.49. The van der Waals surface area contributed by atoms with Crippen LogP contribution in [0, 0.1) is 0 Å². The Hall–Kier alpha value is -2.04. The van der Waals surface area contributed by atoms with Gasteiger partial charge in [0.05, 0.1) is 0 Å². The third-order valence-electron chi connectivity index (χ3n) is 2.66. The summed E-state index contributed by atoms with van der Waals surface area (Å²) in [6.07, 6.45) is -0.00389. The number of amides is 2. The number of likely N-dealkylation sites (N-methyl/N-ethyl adjacent to an activating group) is 1. The highest BCUT2D eigenvalue weighted by atomic mass is 16.5. The largest absolute Gasteiger partial charge is 0.445 e. The molecule has 0 bridgehead atoms. The lowest BCUT2D eigenvalue weighted by atomic mass is 10.2. The molecule has 118 valence electrons. The van der Waals surface area contributed by atoms with E-state index in [0.717, 1.165) is 5.56 Å². The van der Waals surface area contributed by atoms with Gasteiger partial charge in [-0.1, -0.05) is 51.1 Å². The maximum absolute atomic E-state index is 11.4. The maximum atomic E-state index is 11.4. The second kappa shape index (κ2) is 11.8. The minimum Gasteiger partial charge on any atom is -0.445 e. The van der Waals surface area contributed by atoms with Crippen LogP contribution in [0.2, 0.25) is 0 Å². The third-order valence-corrected chi connectivity index (χ3v) is 2.66. The second-order valence-electron chi connectivity index (χ2n) is 4.16. The predicted molar refractivity (Wildman–Crippen MR) is 83.9 cm³/mol. The number of carbonyl (C=O) groups excluding carboxylic acids is 2. The molecule has 0 saturated carbocycles. The monoisotopic (exact) mass is 294 g/mol. The lowest BCUT2D eigenvalue weighted by Gasteiger charge is -2.16. The maximum Gasteiger partial charge on any atom is 0.407 e. The van der Waals surface area contributed by atoms with Gasteiger partial charge in [0.1, 0.15) is 6.61 Å². The Morgan fingerprint density at radius 3 is 2.38 bits per heavy atom. The fraction of sp³-hybridized carbons (Fsp3) is 0.500. The van der Waals surface area contributed by atoms with Crippen molar-refractivity contribution in [1.82, 2.24) is 10.2 Å². The molecule has 0 radical (unpaired) electrons. The quantitative estimate of drug-likeness (QED) is 0.877. The average molecular weight is 294 g/mol. The number of nitrogens with one attached hydrogen (secondary N) is 1. The van der Waals surface area contributed by atoms with Crippen LogP contribution < -0.4 is 5.32 Å². The van der Waals surface area contributed by atoms with Crippen LogP contribution in [0.25, 0.3) is 0 Å². The average Bonchev–Trinajstić information content (AvgIpc) is 2.54. The van der Waals surface area contributed by atoms with Crippen molar-refractivity contribution in [2.24, 2.45) is 0 Å². The Bertz CT molecular complexity index is 407. The summed E-state index contributed by atoms with van der Waals surface area (Å²) in [7, 11) is 1.71. The van der Waals surface area contributed by atoms with Crippen LogP contribution in [0.3, 0.4) is 0 Å². The number of benzene rings is 1. The predicted octanol–water partition coefficient (Wildman–Crippen LogP) is 2.81. The van der Waals surface area contributed by atoms with Gasteiger partial charge in [0, 0.05) is 26.6 Å². The van der Waals surface area contributed by atoms with E-state index in [1.54, 1.807) is 18.9 Å². The van der Waals surface area contributed by atoms with Crippen molar-refractivity contribution in [2.45, 2.75) is 33.8 Å². The molecule has 0 aromatic heterocycles. The molecular formula is C16H26N2O3. The van der Waals surface area contributed by atoms with Crippen LogP contribution >= 0.6 is 0 Å². The van der Waals surface area contributed by atoms with Crippen LogP contribution in [0.15, 0.2) is 30.3 Å². The molecule has 2 amide bonds. The Balaban J connectivity index is 0.00000191. The van der Waals surface area contributed by atoms with Gasteiger partial charge in [0.15, 0.2) is 0 Å². The molecule has 1 aromatic carbocycles. The smallest absolute Gasteiger partial charge is 0.407 e. The second-order valence-corrected chi connectivity index (χ2v) is 4.16. The van der Waals surface area contributed by atoms with Crippen molar-refractivity contribution >= 4 is 12.0 Å². The molecule has 5 nitrogen and oxygen atoms in total. The number of hydrogen-bond donors (Lipinski definition) is 1. The van der Waals surface area contributed by atoms with Crippen LogP contribution in [-0.2, 0) is 16.1 Å². The normalized spacial score (nSPS) is 9.14. The molecule has 0 aliphatic carbocycles. The van der Waals surface area contributed by atoms with Crippen molar-refractivity contribution in [3.05, 3.63) is 35.9 Å². The molecule has 21 heavy (non-hydrogen) atoms. The summed E-state index contributed by atoms with van der Waals surface area (Å²) < 4.78 is 5.04. The van der Waals surface area contributed by atoms with Gasteiger partial charge in [0.2, 0.25) is 5.91 Å². The van der Waals surface area contributed by atoms with Gasteiger partial charge in [-0.15, -0.1) is 0 Å². The van der Waals surface area contributed by atoms with Crippen LogP contribution in [0.4, 0.5) is 4.79 Å². The summed E-state index contributed by atoms with van der Waals surface area (Å²) in [5.41, 5.74) is 0.941. The molecule has 0 saturated heterocycles. The minimum atomic E-state index is -0.471. The molecule has 1 aromatic rings. The van der Waals surface area contributed by atoms with E-state index in [1.165, 1.54) is 0 Å². The molecule has 0 fully saturated rings. The molecule has 0 aliphatic heterocycles. The van der Waals surface area contributed by atoms with E-state index in [0.29, 0.717) is 19.5 Å². The van der Waals surface area contributed by atoms with Crippen molar-refractivity contribution in [3.8, 4) is 0 Å². The number of rotatable bonds is 6. The van der Waals surface area contributed by atoms with E-state index >= 15 is 0 Å². The first-order valence-electron chi connectivity index (χ1n) is 7.32. The van der Waals surface area contributed by atoms with Crippen LogP contribution in [-0.4, -0.2) is 37.0 Å². The zero-order valence-corrected chi connectivity index (χ0v) is 13.4. The van der Waals surface area contributed by atoms with Crippen molar-refractivity contribution in [2.75, 3.05) is 20.1 Å². The van der Waals surface area contributed by atoms with Crippen molar-refractivity contribution in [3.63, 3.8) is 0 Å². The number of alkyl carbamates (subject to hydrolysis) is 1. The van der Waals surface area contributed by atoms with E-state index in [2.05, 4.69) is 5.32 Å². The third kappa shape index (κ3) is 8.68. The van der Waals surface area contributed by atoms with E-state index in [9.17, 15) is 9.59 Å². The first-order valence-corrected chi connectivity index (χ1v) is 7.32. The van der Waals surface area contributed by atoms with E-state index in [1.807, 2.05) is 44.2 Å². The van der Waals surface area contributed by atoms with Gasteiger partial charge in [-0.2, -0.15) is 0 Å². The lowest BCUT2D eigenvalue weighted by molar-refractivity contribution is -0.129. The molecule has 1 rings (SSSR count). The minimum absolute atomic E-state index is 0.0550. The molecule has 0 aliphatic rings. The summed E-state index contributed by atoms with van der Waals surface area (Å²) in [5, 5.41) is 2.61. The Morgan fingerprint density at radius 1 is 1.19 bits per heavy atom. The molecular weight excluding hydrogens is 268 g/mol. The fourth-order valence-corrected chi connectivity index (χ4v) is 1.49. The summed E-state index contributed by atoms with van der Waals surface area (Å²) in [4.78, 5) is 24.3. The highest BCUT2D eigenvalue weighted by Gasteiger charge is 2.06. The molecule has 5 heteroatoms. The number of ether oxygens (including phenoxy) is 1. The molecule has 0 heterocycles. The zero-order chi connectivity index (χ0) is 16.1. The Morgan fingerprint density at radius 2 is 1.81 bits per heavy atom. The molecule has 0 spiro atoms. The van der Waals surface area contributed by atoms with E-state index in [4.69, 9.17) is 4.74 Å². The van der Waals surface area contributed by atoms with Gasteiger partial charge in [0.25, 0.3) is 0 Å². The molecule has 1 N–H and O–H groups in total. The van der Waals surface area contributed by atoms with Crippen LogP contribution in [0.5, 0.6) is 0 Å². The highest BCUT2D eigenvalue weighted by molar-refractivity contribution is 5.75. The van der Waals surface area contributed by atoms with Crippen LogP contribution in [0.1, 0.15) is 32.8 Å². The highest BCUT2D eigenvalue weighted by Crippen LogP contribution is 2.00. The Kier molecular flexibility index (Phi) is 10.6. The molecule has 0 unspecified atom stereocenters. The zero-order valence-electron chi connectivity index (χ0n) is 13.4. The Labute approximate surface area is 127 Å².